The molecule has 0 bridgehead atoms. The fourth-order valence-electron chi connectivity index (χ4n) is 6.37. The van der Waals surface area contributed by atoms with E-state index < -0.39 is 16.4 Å². The Balaban J connectivity index is 1.45. The quantitative estimate of drug-likeness (QED) is 0.396. The highest BCUT2D eigenvalue weighted by Crippen LogP contribution is 2.50. The Morgan fingerprint density at radius 3 is 2.33 bits per heavy atom. The van der Waals surface area contributed by atoms with E-state index in [-0.39, 0.29) is 36.6 Å². The molecule has 1 spiro atoms. The van der Waals surface area contributed by atoms with Gasteiger partial charge in [0.1, 0.15) is 0 Å². The lowest BCUT2D eigenvalue weighted by Crippen LogP contribution is -2.57. The number of aliphatic hydroxyl groups excluding tert-OH is 1. The first-order valence-corrected chi connectivity index (χ1v) is 15.1. The van der Waals surface area contributed by atoms with E-state index in [4.69, 9.17) is 0 Å². The van der Waals surface area contributed by atoms with E-state index in [2.05, 4.69) is 64.3 Å². The molecule has 1 saturated heterocycles. The minimum atomic E-state index is -3.29. The molecule has 1 heterocycles. The summed E-state index contributed by atoms with van der Waals surface area (Å²) >= 11 is 0. The number of aliphatic hydroxyl groups is 1. The number of sulfonamides is 1. The third-order valence-corrected chi connectivity index (χ3v) is 9.45. The van der Waals surface area contributed by atoms with Crippen LogP contribution in [0.1, 0.15) is 50.5 Å². The van der Waals surface area contributed by atoms with Crippen molar-refractivity contribution in [1.29, 1.82) is 0 Å². The molecular formula is C26H43N5O4S. The summed E-state index contributed by atoms with van der Waals surface area (Å²) in [5.41, 5.74) is 1.16. The van der Waals surface area contributed by atoms with Crippen molar-refractivity contribution in [2.24, 2.45) is 5.92 Å². The zero-order valence-corrected chi connectivity index (χ0v) is 22.8. The van der Waals surface area contributed by atoms with Crippen molar-refractivity contribution >= 4 is 15.9 Å². The molecule has 2 aliphatic carbocycles. The summed E-state index contributed by atoms with van der Waals surface area (Å²) in [6.45, 7) is 2.00. The standard InChI is InChI=1S/C26H43N5O4S/c1-29(2)26(22-10-5-4-6-11-22)14-12-25(13-15-26)20-30(24(33)31(25)18-21-8-7-9-21)19-23(32)27-16-17-28-36(3,34)35/h4-6,10-11,21,24,28,33H,7-9,12-20H2,1-3H3,(H,27,32). The van der Waals surface area contributed by atoms with Crippen molar-refractivity contribution < 1.29 is 18.3 Å². The molecule has 1 amide bonds. The minimum Gasteiger partial charge on any atom is -0.365 e. The van der Waals surface area contributed by atoms with E-state index in [0.717, 1.165) is 38.5 Å². The highest BCUT2D eigenvalue weighted by Gasteiger charge is 2.55. The van der Waals surface area contributed by atoms with Gasteiger partial charge in [0.2, 0.25) is 15.9 Å². The lowest BCUT2D eigenvalue weighted by Gasteiger charge is -2.52. The molecule has 2 saturated carbocycles. The molecule has 1 aliphatic heterocycles. The highest BCUT2D eigenvalue weighted by atomic mass is 32.2. The van der Waals surface area contributed by atoms with Gasteiger partial charge in [-0.1, -0.05) is 36.8 Å². The Labute approximate surface area is 216 Å². The first kappa shape index (κ1) is 27.5. The number of hydrogen-bond donors (Lipinski definition) is 3. The molecule has 1 unspecified atom stereocenters. The van der Waals surface area contributed by atoms with Crippen molar-refractivity contribution in [3.05, 3.63) is 35.9 Å². The Kier molecular flexibility index (Phi) is 8.43. The molecule has 36 heavy (non-hydrogen) atoms. The first-order valence-electron chi connectivity index (χ1n) is 13.2. The van der Waals surface area contributed by atoms with Crippen LogP contribution in [0.3, 0.4) is 0 Å². The lowest BCUT2D eigenvalue weighted by atomic mass is 9.68. The van der Waals surface area contributed by atoms with Gasteiger partial charge in [-0.15, -0.1) is 0 Å². The molecule has 0 aromatic heterocycles. The molecule has 1 aromatic carbocycles. The normalized spacial score (nSPS) is 30.1. The van der Waals surface area contributed by atoms with Gasteiger partial charge in [0.15, 0.2) is 6.35 Å². The molecule has 3 aliphatic rings. The number of carbonyl (C=O) groups is 1. The van der Waals surface area contributed by atoms with Gasteiger partial charge >= 0.3 is 0 Å². The third-order valence-electron chi connectivity index (χ3n) is 8.72. The van der Waals surface area contributed by atoms with Gasteiger partial charge in [-0.2, -0.15) is 0 Å². The van der Waals surface area contributed by atoms with Gasteiger partial charge in [0.25, 0.3) is 0 Å². The summed E-state index contributed by atoms with van der Waals surface area (Å²) in [6.07, 6.45) is 7.89. The highest BCUT2D eigenvalue weighted by molar-refractivity contribution is 7.88. The summed E-state index contributed by atoms with van der Waals surface area (Å²) < 4.78 is 24.8. The van der Waals surface area contributed by atoms with E-state index in [0.29, 0.717) is 12.5 Å². The Hall–Kier alpha value is -1.56. The third kappa shape index (κ3) is 5.95. The van der Waals surface area contributed by atoms with E-state index >= 15 is 0 Å². The molecule has 9 nitrogen and oxygen atoms in total. The van der Waals surface area contributed by atoms with Gasteiger partial charge in [-0.05, 0) is 64.1 Å². The Morgan fingerprint density at radius 2 is 1.78 bits per heavy atom. The lowest BCUT2D eigenvalue weighted by molar-refractivity contribution is -0.130. The predicted octanol–water partition coefficient (Wildman–Crippen LogP) is 1.12. The first-order chi connectivity index (χ1) is 17.0. The largest absolute Gasteiger partial charge is 0.365 e. The van der Waals surface area contributed by atoms with E-state index in [1.165, 1.54) is 24.8 Å². The van der Waals surface area contributed by atoms with Crippen LogP contribution in [-0.4, -0.2) is 99.1 Å². The minimum absolute atomic E-state index is 0.0307. The Morgan fingerprint density at radius 1 is 1.11 bits per heavy atom. The van der Waals surface area contributed by atoms with Gasteiger partial charge in [-0.3, -0.25) is 19.5 Å². The second-order valence-electron chi connectivity index (χ2n) is 11.2. The van der Waals surface area contributed by atoms with E-state index in [1.807, 2.05) is 4.90 Å². The summed E-state index contributed by atoms with van der Waals surface area (Å²) in [5, 5.41) is 14.2. The van der Waals surface area contributed by atoms with Crippen molar-refractivity contribution in [1.82, 2.24) is 24.7 Å². The van der Waals surface area contributed by atoms with Crippen LogP contribution >= 0.6 is 0 Å². The number of benzene rings is 1. The number of nitrogens with one attached hydrogen (secondary N) is 2. The average Bonchev–Trinajstić information content (AvgIpc) is 3.04. The molecule has 1 aromatic rings. The number of nitrogens with zero attached hydrogens (tertiary/aromatic N) is 3. The zero-order valence-electron chi connectivity index (χ0n) is 21.9. The van der Waals surface area contributed by atoms with Crippen LogP contribution in [0.4, 0.5) is 0 Å². The maximum Gasteiger partial charge on any atom is 0.234 e. The van der Waals surface area contributed by atoms with Crippen LogP contribution in [-0.2, 0) is 20.4 Å². The molecule has 3 N–H and O–H groups in total. The molecule has 10 heteroatoms. The van der Waals surface area contributed by atoms with Gasteiger partial charge in [0.05, 0.1) is 12.8 Å². The van der Waals surface area contributed by atoms with Crippen LogP contribution in [0.2, 0.25) is 0 Å². The summed E-state index contributed by atoms with van der Waals surface area (Å²) in [4.78, 5) is 19.2. The second kappa shape index (κ2) is 11.0. The fraction of sp³-hybridized carbons (Fsp3) is 0.731. The summed E-state index contributed by atoms with van der Waals surface area (Å²) in [6, 6.07) is 10.7. The molecular weight excluding hydrogens is 478 g/mol. The number of carbonyl (C=O) groups excluding carboxylic acids is 1. The monoisotopic (exact) mass is 521 g/mol. The van der Waals surface area contributed by atoms with Crippen LogP contribution < -0.4 is 10.0 Å². The van der Waals surface area contributed by atoms with Crippen LogP contribution in [0, 0.1) is 5.92 Å². The van der Waals surface area contributed by atoms with E-state index in [1.54, 1.807) is 0 Å². The second-order valence-corrected chi connectivity index (χ2v) is 13.1. The fourth-order valence-corrected chi connectivity index (χ4v) is 6.84. The van der Waals surface area contributed by atoms with Crippen molar-refractivity contribution in [2.45, 2.75) is 62.4 Å². The molecule has 1 atom stereocenters. The Bertz CT molecular complexity index is 991. The molecule has 202 valence electrons. The summed E-state index contributed by atoms with van der Waals surface area (Å²) in [7, 11) is 1.04. The summed E-state index contributed by atoms with van der Waals surface area (Å²) in [5.74, 6) is 0.412. The average molecular weight is 522 g/mol. The topological polar surface area (TPSA) is 105 Å². The maximum absolute atomic E-state index is 12.6. The van der Waals surface area contributed by atoms with Crippen LogP contribution in [0.25, 0.3) is 0 Å². The van der Waals surface area contributed by atoms with E-state index in [9.17, 15) is 18.3 Å². The number of rotatable bonds is 10. The van der Waals surface area contributed by atoms with Crippen LogP contribution in [0.5, 0.6) is 0 Å². The number of hydrogen-bond acceptors (Lipinski definition) is 7. The smallest absolute Gasteiger partial charge is 0.234 e. The van der Waals surface area contributed by atoms with Gasteiger partial charge in [-0.25, -0.2) is 13.1 Å². The SMILES string of the molecule is CN(C)C1(c2ccccc2)CCC2(CC1)CN(CC(=O)NCCNS(C)(=O)=O)C(O)N2CC1CCC1. The molecule has 4 rings (SSSR count). The van der Waals surface area contributed by atoms with Crippen molar-refractivity contribution in [2.75, 3.05) is 53.1 Å². The maximum atomic E-state index is 12.6. The van der Waals surface area contributed by atoms with Gasteiger partial charge < -0.3 is 10.4 Å². The van der Waals surface area contributed by atoms with Gasteiger partial charge in [0, 0.05) is 37.3 Å². The zero-order chi connectivity index (χ0) is 26.0. The van der Waals surface area contributed by atoms with Crippen molar-refractivity contribution in [3.63, 3.8) is 0 Å². The predicted molar refractivity (Wildman–Crippen MR) is 140 cm³/mol. The number of amides is 1. The van der Waals surface area contributed by atoms with Crippen molar-refractivity contribution in [3.8, 4) is 0 Å². The molecule has 3 fully saturated rings. The van der Waals surface area contributed by atoms with Crippen LogP contribution in [0.15, 0.2) is 30.3 Å². The molecule has 0 radical (unpaired) electrons.